The highest BCUT2D eigenvalue weighted by molar-refractivity contribution is 5.92. The van der Waals surface area contributed by atoms with Crippen molar-refractivity contribution in [1.29, 1.82) is 0 Å². The summed E-state index contributed by atoms with van der Waals surface area (Å²) in [4.78, 5) is 38.9. The molecule has 1 aromatic heterocycles. The first-order valence-electron chi connectivity index (χ1n) is 12.3. The van der Waals surface area contributed by atoms with Gasteiger partial charge in [-0.1, -0.05) is 6.92 Å². The fourth-order valence-corrected chi connectivity index (χ4v) is 8.99. The van der Waals surface area contributed by atoms with E-state index >= 15 is 0 Å². The third-order valence-electron chi connectivity index (χ3n) is 10.6. The number of hydrogen-bond acceptors (Lipinski definition) is 8. The third-order valence-corrected chi connectivity index (χ3v) is 10.6. The highest BCUT2D eigenvalue weighted by Crippen LogP contribution is 2.78. The minimum atomic E-state index is -1.43. The number of carboxylic acid groups (broad SMARTS) is 1. The van der Waals surface area contributed by atoms with Crippen molar-refractivity contribution in [2.75, 3.05) is 6.61 Å². The Balaban J connectivity index is 1.53. The number of ether oxygens (including phenoxy) is 3. The Bertz CT molecular complexity index is 1110. The van der Waals surface area contributed by atoms with Gasteiger partial charge in [0.2, 0.25) is 0 Å². The third kappa shape index (κ3) is 2.47. The molecular weight excluding hydrogens is 456 g/mol. The maximum atomic E-state index is 14.2. The Morgan fingerprint density at radius 2 is 1.86 bits per heavy atom. The van der Waals surface area contributed by atoms with Gasteiger partial charge in [-0.15, -0.1) is 0 Å². The molecule has 2 aliphatic carbocycles. The topological polar surface area (TPSA) is 136 Å². The molecule has 2 N–H and O–H groups in total. The van der Waals surface area contributed by atoms with Crippen molar-refractivity contribution in [2.24, 2.45) is 28.1 Å². The van der Waals surface area contributed by atoms with Gasteiger partial charge in [-0.2, -0.15) is 0 Å². The Hall–Kier alpha value is -2.23. The maximum absolute atomic E-state index is 14.2. The zero-order valence-electron chi connectivity index (χ0n) is 20.4. The van der Waals surface area contributed by atoms with Crippen molar-refractivity contribution in [2.45, 2.75) is 82.9 Å². The molecule has 3 aliphatic heterocycles. The minimum Gasteiger partial charge on any atom is -0.479 e. The number of aliphatic hydroxyl groups is 1. The molecule has 0 radical (unpaired) electrons. The smallest absolute Gasteiger partial charge is 0.335 e. The van der Waals surface area contributed by atoms with Gasteiger partial charge < -0.3 is 28.8 Å². The lowest BCUT2D eigenvalue weighted by molar-refractivity contribution is -0.218. The molecule has 190 valence electrons. The lowest BCUT2D eigenvalue weighted by Crippen LogP contribution is -2.71. The van der Waals surface area contributed by atoms with Crippen LogP contribution in [0, 0.1) is 28.1 Å². The predicted octanol–water partition coefficient (Wildman–Crippen LogP) is 2.66. The summed E-state index contributed by atoms with van der Waals surface area (Å²) in [6.45, 7) is 7.67. The van der Waals surface area contributed by atoms with Crippen molar-refractivity contribution < 1.29 is 43.2 Å². The fourth-order valence-electron chi connectivity index (χ4n) is 8.99. The first-order valence-corrected chi connectivity index (χ1v) is 12.3. The SMILES string of the molecule is CC1(C)O[C@H]2CC(=O)OC[C@]23[C@H]2CC[C@@](C)([C@@H](O)c4ccoc4)C4(OC4C(=O)O)[C@]2(C)C(=O)C[C@@H]13. The number of carboxylic acids is 1. The molecule has 5 aliphatic rings. The van der Waals surface area contributed by atoms with Crippen molar-refractivity contribution in [1.82, 2.24) is 0 Å². The number of epoxide rings is 1. The summed E-state index contributed by atoms with van der Waals surface area (Å²) in [5, 5.41) is 21.7. The molecule has 2 saturated carbocycles. The van der Waals surface area contributed by atoms with E-state index in [1.807, 2.05) is 27.7 Å². The summed E-state index contributed by atoms with van der Waals surface area (Å²) in [5.41, 5.74) is -4.49. The number of carbonyl (C=O) groups is 3. The van der Waals surface area contributed by atoms with E-state index in [1.54, 1.807) is 6.07 Å². The highest BCUT2D eigenvalue weighted by Gasteiger charge is 2.87. The maximum Gasteiger partial charge on any atom is 0.335 e. The summed E-state index contributed by atoms with van der Waals surface area (Å²) in [6.07, 6.45) is 1.37. The number of rotatable bonds is 3. The van der Waals surface area contributed by atoms with E-state index in [0.717, 1.165) is 0 Å². The number of hydrogen-bond donors (Lipinski definition) is 2. The molecule has 4 heterocycles. The van der Waals surface area contributed by atoms with Crippen LogP contribution in [0.15, 0.2) is 23.0 Å². The second-order valence-electron chi connectivity index (χ2n) is 12.1. The van der Waals surface area contributed by atoms with E-state index in [0.29, 0.717) is 18.4 Å². The standard InChI is InChI=1S/C26H32O9/c1-22(2)15-9-16(27)24(4)14(25(15)12-33-18(28)10-17(25)34-22)5-7-23(3,19(29)13-6-8-32-11-13)26(24)20(35-26)21(30)31/h6,8,11,14-15,17,19-20,29H,5,7,9-10,12H2,1-4H3,(H,30,31)/t14-,15-,17-,19-,20?,23-,24-,25+,26?/m0/s1. The normalized spacial score (nSPS) is 48.5. The van der Waals surface area contributed by atoms with Crippen molar-refractivity contribution in [3.63, 3.8) is 0 Å². The van der Waals surface area contributed by atoms with Crippen molar-refractivity contribution >= 4 is 17.7 Å². The zero-order valence-corrected chi connectivity index (χ0v) is 20.4. The van der Waals surface area contributed by atoms with Gasteiger partial charge in [-0.3, -0.25) is 9.59 Å². The molecule has 5 fully saturated rings. The molecule has 0 bridgehead atoms. The number of carbonyl (C=O) groups excluding carboxylic acids is 2. The number of aliphatic hydroxyl groups excluding tert-OH is 1. The molecule has 2 spiro atoms. The molecule has 0 aromatic carbocycles. The molecule has 6 rings (SSSR count). The average molecular weight is 489 g/mol. The van der Waals surface area contributed by atoms with E-state index < -0.39 is 51.7 Å². The number of cyclic esters (lactones) is 1. The number of fused-ring (bicyclic) bond motifs is 2. The van der Waals surface area contributed by atoms with Crippen LogP contribution in [-0.2, 0) is 28.6 Å². The van der Waals surface area contributed by atoms with Crippen LogP contribution < -0.4 is 0 Å². The Labute approximate surface area is 203 Å². The molecule has 9 atom stereocenters. The van der Waals surface area contributed by atoms with Crippen LogP contribution in [0.1, 0.15) is 65.0 Å². The predicted molar refractivity (Wildman–Crippen MR) is 118 cm³/mol. The van der Waals surface area contributed by atoms with Crippen LogP contribution in [0.3, 0.4) is 0 Å². The van der Waals surface area contributed by atoms with Gasteiger partial charge in [0.05, 0.1) is 42.2 Å². The first kappa shape index (κ1) is 23.2. The van der Waals surface area contributed by atoms with Gasteiger partial charge in [0.15, 0.2) is 6.10 Å². The minimum absolute atomic E-state index is 0.0820. The monoisotopic (exact) mass is 488 g/mol. The summed E-state index contributed by atoms with van der Waals surface area (Å²) in [6, 6.07) is 1.65. The molecule has 9 nitrogen and oxygen atoms in total. The summed E-state index contributed by atoms with van der Waals surface area (Å²) in [7, 11) is 0. The van der Waals surface area contributed by atoms with E-state index in [9.17, 15) is 24.6 Å². The van der Waals surface area contributed by atoms with Crippen molar-refractivity contribution in [3.8, 4) is 0 Å². The Morgan fingerprint density at radius 1 is 1.11 bits per heavy atom. The van der Waals surface area contributed by atoms with Gasteiger partial charge in [0, 0.05) is 28.7 Å². The van der Waals surface area contributed by atoms with Gasteiger partial charge in [-0.05, 0) is 45.6 Å². The lowest BCUT2D eigenvalue weighted by atomic mass is 9.37. The highest BCUT2D eigenvalue weighted by atomic mass is 16.6. The number of ketones is 1. The second-order valence-corrected chi connectivity index (χ2v) is 12.1. The Morgan fingerprint density at radius 3 is 2.49 bits per heavy atom. The summed E-state index contributed by atoms with van der Waals surface area (Å²) in [5.74, 6) is -2.08. The summed E-state index contributed by atoms with van der Waals surface area (Å²) >= 11 is 0. The van der Waals surface area contributed by atoms with Crippen LogP contribution >= 0.6 is 0 Å². The fraction of sp³-hybridized carbons (Fsp3) is 0.731. The zero-order chi connectivity index (χ0) is 25.2. The summed E-state index contributed by atoms with van der Waals surface area (Å²) < 4.78 is 23.4. The molecule has 1 aromatic rings. The van der Waals surface area contributed by atoms with E-state index in [1.165, 1.54) is 12.5 Å². The number of esters is 1. The van der Waals surface area contributed by atoms with Gasteiger partial charge in [-0.25, -0.2) is 4.79 Å². The van der Waals surface area contributed by atoms with Gasteiger partial charge >= 0.3 is 11.9 Å². The second kappa shape index (κ2) is 6.75. The number of aliphatic carboxylic acids is 1. The molecular formula is C26H32O9. The van der Waals surface area contributed by atoms with E-state index in [4.69, 9.17) is 18.6 Å². The van der Waals surface area contributed by atoms with Crippen LogP contribution in [-0.4, -0.2) is 58.0 Å². The molecule has 9 heteroatoms. The van der Waals surface area contributed by atoms with E-state index in [2.05, 4.69) is 0 Å². The van der Waals surface area contributed by atoms with E-state index in [-0.39, 0.29) is 43.0 Å². The largest absolute Gasteiger partial charge is 0.479 e. The molecule has 2 unspecified atom stereocenters. The van der Waals surface area contributed by atoms with Crippen molar-refractivity contribution in [3.05, 3.63) is 24.2 Å². The first-order chi connectivity index (χ1) is 16.4. The van der Waals surface area contributed by atoms with Crippen LogP contribution in [0.2, 0.25) is 0 Å². The average Bonchev–Trinajstić information content (AvgIpc) is 3.25. The van der Waals surface area contributed by atoms with Gasteiger partial charge in [0.25, 0.3) is 0 Å². The number of furan rings is 1. The Kier molecular flexibility index (Phi) is 4.47. The van der Waals surface area contributed by atoms with Crippen LogP contribution in [0.5, 0.6) is 0 Å². The molecule has 0 amide bonds. The van der Waals surface area contributed by atoms with Crippen LogP contribution in [0.4, 0.5) is 0 Å². The molecule has 3 saturated heterocycles. The quantitative estimate of drug-likeness (QED) is 0.486. The lowest BCUT2D eigenvalue weighted by Gasteiger charge is -2.64. The number of Topliss-reactive ketones (excluding diaryl/α,β-unsaturated/α-hetero) is 1. The van der Waals surface area contributed by atoms with Gasteiger partial charge in [0.1, 0.15) is 18.0 Å². The molecule has 35 heavy (non-hydrogen) atoms. The van der Waals surface area contributed by atoms with Crippen LogP contribution in [0.25, 0.3) is 0 Å².